The summed E-state index contributed by atoms with van der Waals surface area (Å²) >= 11 is 0. The zero-order chi connectivity index (χ0) is 20.2. The fourth-order valence-electron chi connectivity index (χ4n) is 3.76. The number of carbonyl (C=O) groups excluding carboxylic acids is 1. The van der Waals surface area contributed by atoms with Crippen LogP contribution in [-0.2, 0) is 0 Å². The zero-order valence-electron chi connectivity index (χ0n) is 16.2. The van der Waals surface area contributed by atoms with Gasteiger partial charge in [0.2, 0.25) is 0 Å². The summed E-state index contributed by atoms with van der Waals surface area (Å²) in [6.07, 6.45) is 3.53. The molecule has 29 heavy (non-hydrogen) atoms. The minimum absolute atomic E-state index is 0.0356. The molecule has 4 rings (SSSR count). The highest BCUT2D eigenvalue weighted by atomic mass is 19.1. The van der Waals surface area contributed by atoms with Crippen LogP contribution in [0.2, 0.25) is 0 Å². The van der Waals surface area contributed by atoms with Crippen molar-refractivity contribution in [2.75, 3.05) is 20.2 Å². The Morgan fingerprint density at radius 3 is 2.86 bits per heavy atom. The molecule has 0 unspecified atom stereocenters. The summed E-state index contributed by atoms with van der Waals surface area (Å²) in [5, 5.41) is 0. The monoisotopic (exact) mass is 391 g/mol. The number of methoxy groups -OCH3 is 1. The van der Waals surface area contributed by atoms with Gasteiger partial charge in [0.05, 0.1) is 12.7 Å². The number of rotatable bonds is 4. The molecule has 2 heterocycles. The molecular weight excluding hydrogens is 369 g/mol. The summed E-state index contributed by atoms with van der Waals surface area (Å²) in [5.41, 5.74) is 2.08. The molecule has 1 saturated heterocycles. The van der Waals surface area contributed by atoms with Crippen molar-refractivity contribution in [3.63, 3.8) is 0 Å². The van der Waals surface area contributed by atoms with Gasteiger partial charge in [0.25, 0.3) is 5.91 Å². The van der Waals surface area contributed by atoms with Crippen molar-refractivity contribution in [3.05, 3.63) is 77.9 Å². The molecule has 0 saturated carbocycles. The third-order valence-electron chi connectivity index (χ3n) is 5.22. The number of benzene rings is 2. The van der Waals surface area contributed by atoms with E-state index in [4.69, 9.17) is 4.74 Å². The number of piperidine rings is 1. The first-order valence-electron chi connectivity index (χ1n) is 9.67. The van der Waals surface area contributed by atoms with Crippen LogP contribution in [0.3, 0.4) is 0 Å². The van der Waals surface area contributed by atoms with Crippen molar-refractivity contribution in [1.82, 2.24) is 14.9 Å². The van der Waals surface area contributed by atoms with Gasteiger partial charge in [-0.25, -0.2) is 14.4 Å². The molecule has 0 spiro atoms. The predicted molar refractivity (Wildman–Crippen MR) is 108 cm³/mol. The Bertz CT molecular complexity index is 1020. The first-order valence-corrected chi connectivity index (χ1v) is 9.67. The standard InChI is InChI=1S/C23H22FN3O2/c1-29-21-10-3-2-9-19(21)23(28)27-13-5-7-17(15-27)20-11-12-25-22(26-20)16-6-4-8-18(24)14-16/h2-4,6,8-12,14,17H,5,7,13,15H2,1H3/t17-/m0/s1. The van der Waals surface area contributed by atoms with E-state index in [2.05, 4.69) is 9.97 Å². The topological polar surface area (TPSA) is 55.3 Å². The van der Waals surface area contributed by atoms with Crippen molar-refractivity contribution in [2.24, 2.45) is 0 Å². The van der Waals surface area contributed by atoms with Crippen LogP contribution in [0.5, 0.6) is 5.75 Å². The molecule has 148 valence electrons. The van der Waals surface area contributed by atoms with E-state index in [1.54, 1.807) is 37.6 Å². The van der Waals surface area contributed by atoms with Crippen molar-refractivity contribution in [3.8, 4) is 17.1 Å². The molecule has 0 bridgehead atoms. The lowest BCUT2D eigenvalue weighted by molar-refractivity contribution is 0.0702. The molecule has 6 heteroatoms. The Morgan fingerprint density at radius 2 is 2.03 bits per heavy atom. The van der Waals surface area contributed by atoms with Gasteiger partial charge >= 0.3 is 0 Å². The van der Waals surface area contributed by atoms with Crippen molar-refractivity contribution < 1.29 is 13.9 Å². The smallest absolute Gasteiger partial charge is 0.257 e. The van der Waals surface area contributed by atoms with Gasteiger partial charge < -0.3 is 9.64 Å². The molecule has 1 amide bonds. The van der Waals surface area contributed by atoms with E-state index in [1.807, 2.05) is 23.1 Å². The van der Waals surface area contributed by atoms with E-state index in [9.17, 15) is 9.18 Å². The lowest BCUT2D eigenvalue weighted by atomic mass is 9.94. The van der Waals surface area contributed by atoms with E-state index in [-0.39, 0.29) is 17.6 Å². The average molecular weight is 391 g/mol. The molecule has 2 aromatic carbocycles. The Balaban J connectivity index is 1.56. The van der Waals surface area contributed by atoms with E-state index in [1.165, 1.54) is 12.1 Å². The zero-order valence-corrected chi connectivity index (χ0v) is 16.2. The van der Waals surface area contributed by atoms with Crippen LogP contribution >= 0.6 is 0 Å². The second-order valence-corrected chi connectivity index (χ2v) is 7.11. The van der Waals surface area contributed by atoms with E-state index < -0.39 is 0 Å². The number of likely N-dealkylation sites (tertiary alicyclic amines) is 1. The van der Waals surface area contributed by atoms with Gasteiger partial charge in [-0.2, -0.15) is 0 Å². The highest BCUT2D eigenvalue weighted by Crippen LogP contribution is 2.29. The van der Waals surface area contributed by atoms with Gasteiger partial charge in [0.1, 0.15) is 11.6 Å². The SMILES string of the molecule is COc1ccccc1C(=O)N1CCC[C@H](c2ccnc(-c3cccc(F)c3)n2)C1. The molecular formula is C23H22FN3O2. The summed E-state index contributed by atoms with van der Waals surface area (Å²) in [4.78, 5) is 23.9. The molecule has 0 radical (unpaired) electrons. The molecule has 1 aliphatic heterocycles. The van der Waals surface area contributed by atoms with Gasteiger partial charge in [0.15, 0.2) is 5.82 Å². The maximum absolute atomic E-state index is 13.6. The van der Waals surface area contributed by atoms with Crippen LogP contribution in [0.15, 0.2) is 60.8 Å². The highest BCUT2D eigenvalue weighted by Gasteiger charge is 2.28. The Labute approximate surface area is 169 Å². The van der Waals surface area contributed by atoms with E-state index in [0.717, 1.165) is 18.5 Å². The van der Waals surface area contributed by atoms with Crippen LogP contribution < -0.4 is 4.74 Å². The number of amides is 1. The van der Waals surface area contributed by atoms with Gasteiger partial charge in [-0.1, -0.05) is 24.3 Å². The molecule has 1 aliphatic rings. The first kappa shape index (κ1) is 19.1. The molecule has 1 atom stereocenters. The van der Waals surface area contributed by atoms with Crippen molar-refractivity contribution in [1.29, 1.82) is 0 Å². The van der Waals surface area contributed by atoms with Crippen LogP contribution in [0.1, 0.15) is 34.8 Å². The first-order chi connectivity index (χ1) is 14.2. The van der Waals surface area contributed by atoms with Crippen LogP contribution in [0.4, 0.5) is 4.39 Å². The third kappa shape index (κ3) is 4.11. The lowest BCUT2D eigenvalue weighted by Crippen LogP contribution is -2.39. The van der Waals surface area contributed by atoms with Gasteiger partial charge in [-0.3, -0.25) is 4.79 Å². The van der Waals surface area contributed by atoms with Crippen LogP contribution in [-0.4, -0.2) is 41.0 Å². The Morgan fingerprint density at radius 1 is 1.17 bits per heavy atom. The second kappa shape index (κ2) is 8.39. The second-order valence-electron chi connectivity index (χ2n) is 7.11. The minimum Gasteiger partial charge on any atom is -0.496 e. The molecule has 3 aromatic rings. The lowest BCUT2D eigenvalue weighted by Gasteiger charge is -2.33. The summed E-state index contributed by atoms with van der Waals surface area (Å²) in [5.74, 6) is 0.831. The number of hydrogen-bond acceptors (Lipinski definition) is 4. The fraction of sp³-hybridized carbons (Fsp3) is 0.261. The fourth-order valence-corrected chi connectivity index (χ4v) is 3.76. The quantitative estimate of drug-likeness (QED) is 0.665. The Hall–Kier alpha value is -3.28. The van der Waals surface area contributed by atoms with Gasteiger partial charge in [0, 0.05) is 36.5 Å². The molecule has 5 nitrogen and oxygen atoms in total. The average Bonchev–Trinajstić information content (AvgIpc) is 2.79. The summed E-state index contributed by atoms with van der Waals surface area (Å²) in [6.45, 7) is 1.28. The predicted octanol–water partition coefficient (Wildman–Crippen LogP) is 4.31. The van der Waals surface area contributed by atoms with Gasteiger partial charge in [-0.15, -0.1) is 0 Å². The van der Waals surface area contributed by atoms with E-state index in [0.29, 0.717) is 35.8 Å². The molecule has 0 N–H and O–H groups in total. The number of ether oxygens (including phenoxy) is 1. The maximum Gasteiger partial charge on any atom is 0.257 e. The number of hydrogen-bond donors (Lipinski definition) is 0. The number of carbonyl (C=O) groups is 1. The highest BCUT2D eigenvalue weighted by molar-refractivity contribution is 5.97. The maximum atomic E-state index is 13.6. The number of nitrogens with zero attached hydrogens (tertiary/aromatic N) is 3. The molecule has 1 fully saturated rings. The van der Waals surface area contributed by atoms with Crippen molar-refractivity contribution >= 4 is 5.91 Å². The summed E-state index contributed by atoms with van der Waals surface area (Å²) in [6, 6.07) is 15.4. The van der Waals surface area contributed by atoms with Crippen molar-refractivity contribution in [2.45, 2.75) is 18.8 Å². The number of aromatic nitrogens is 2. The summed E-state index contributed by atoms with van der Waals surface area (Å²) in [7, 11) is 1.57. The van der Waals surface area contributed by atoms with Crippen LogP contribution in [0, 0.1) is 5.82 Å². The Kier molecular flexibility index (Phi) is 5.51. The summed E-state index contributed by atoms with van der Waals surface area (Å²) < 4.78 is 18.9. The van der Waals surface area contributed by atoms with Crippen LogP contribution in [0.25, 0.3) is 11.4 Å². The minimum atomic E-state index is -0.317. The number of halogens is 1. The van der Waals surface area contributed by atoms with E-state index >= 15 is 0 Å². The normalized spacial score (nSPS) is 16.5. The molecule has 0 aliphatic carbocycles. The van der Waals surface area contributed by atoms with Gasteiger partial charge in [-0.05, 0) is 43.2 Å². The molecule has 1 aromatic heterocycles. The number of para-hydroxylation sites is 1. The third-order valence-corrected chi connectivity index (χ3v) is 5.22. The largest absolute Gasteiger partial charge is 0.496 e.